The molecular formula is C11H21. The minimum absolute atomic E-state index is 0.331. The fraction of sp³-hybridized carbons (Fsp3) is 0.727. The number of allylic oxidation sites excluding steroid dienone is 2. The molecule has 0 nitrogen and oxygen atoms in total. The van der Waals surface area contributed by atoms with E-state index in [1.807, 2.05) is 0 Å². The standard InChI is InChI=1S/C11H21/c1-6-7-8-11(4,5)9-10(2)3/h7-8,10H,2,6,9H2,1,3-5H3. The average molecular weight is 153 g/mol. The predicted molar refractivity (Wildman–Crippen MR) is 52.4 cm³/mol. The van der Waals surface area contributed by atoms with Crippen LogP contribution in [0.2, 0.25) is 0 Å². The molecule has 11 heavy (non-hydrogen) atoms. The van der Waals surface area contributed by atoms with Gasteiger partial charge in [-0.15, -0.1) is 0 Å². The summed E-state index contributed by atoms with van der Waals surface area (Å²) in [6.45, 7) is 12.9. The summed E-state index contributed by atoms with van der Waals surface area (Å²) in [5.41, 5.74) is 0.331. The average Bonchev–Trinajstić information content (AvgIpc) is 1.81. The predicted octanol–water partition coefficient (Wildman–Crippen LogP) is 3.84. The van der Waals surface area contributed by atoms with Crippen LogP contribution in [0, 0.1) is 18.3 Å². The third-order valence-corrected chi connectivity index (χ3v) is 1.68. The van der Waals surface area contributed by atoms with E-state index in [0.717, 1.165) is 6.42 Å². The molecular weight excluding hydrogens is 132 g/mol. The third kappa shape index (κ3) is 6.15. The summed E-state index contributed by atoms with van der Waals surface area (Å²) < 4.78 is 0. The lowest BCUT2D eigenvalue weighted by Crippen LogP contribution is -2.10. The summed E-state index contributed by atoms with van der Waals surface area (Å²) in [6, 6.07) is 0. The summed E-state index contributed by atoms with van der Waals surface area (Å²) in [6.07, 6.45) is 6.84. The molecule has 0 saturated heterocycles. The third-order valence-electron chi connectivity index (χ3n) is 1.68. The van der Waals surface area contributed by atoms with Gasteiger partial charge in [0.1, 0.15) is 0 Å². The molecule has 0 aromatic rings. The molecule has 1 radical (unpaired) electrons. The Hall–Kier alpha value is -0.260. The minimum Gasteiger partial charge on any atom is -0.0883 e. The van der Waals surface area contributed by atoms with Gasteiger partial charge in [-0.1, -0.05) is 46.8 Å². The van der Waals surface area contributed by atoms with Gasteiger partial charge in [0.25, 0.3) is 0 Å². The molecule has 0 heterocycles. The zero-order chi connectivity index (χ0) is 8.91. The van der Waals surface area contributed by atoms with Crippen LogP contribution in [-0.4, -0.2) is 0 Å². The van der Waals surface area contributed by atoms with E-state index in [4.69, 9.17) is 0 Å². The van der Waals surface area contributed by atoms with Crippen LogP contribution in [0.15, 0.2) is 12.2 Å². The first-order valence-electron chi connectivity index (χ1n) is 4.48. The molecule has 0 saturated carbocycles. The summed E-state index contributed by atoms with van der Waals surface area (Å²) in [5.74, 6) is 0.548. The Balaban J connectivity index is 3.89. The SMILES string of the molecule is [CH2]C(C)CC(C)(C)C=CCC. The lowest BCUT2D eigenvalue weighted by molar-refractivity contribution is 0.384. The highest BCUT2D eigenvalue weighted by Crippen LogP contribution is 2.26. The first kappa shape index (κ1) is 10.7. The molecule has 0 rings (SSSR count). The van der Waals surface area contributed by atoms with E-state index >= 15 is 0 Å². The van der Waals surface area contributed by atoms with Crippen molar-refractivity contribution in [2.45, 2.75) is 40.5 Å². The van der Waals surface area contributed by atoms with Gasteiger partial charge in [-0.25, -0.2) is 0 Å². The monoisotopic (exact) mass is 153 g/mol. The van der Waals surface area contributed by atoms with Crippen LogP contribution >= 0.6 is 0 Å². The fourth-order valence-electron chi connectivity index (χ4n) is 1.40. The van der Waals surface area contributed by atoms with Crippen molar-refractivity contribution >= 4 is 0 Å². The summed E-state index contributed by atoms with van der Waals surface area (Å²) in [7, 11) is 0. The highest BCUT2D eigenvalue weighted by Gasteiger charge is 2.14. The van der Waals surface area contributed by atoms with Crippen LogP contribution in [0.25, 0.3) is 0 Å². The summed E-state index contributed by atoms with van der Waals surface area (Å²) >= 11 is 0. The number of hydrogen-bond acceptors (Lipinski definition) is 0. The van der Waals surface area contributed by atoms with E-state index < -0.39 is 0 Å². The quantitative estimate of drug-likeness (QED) is 0.538. The lowest BCUT2D eigenvalue weighted by atomic mass is 9.83. The van der Waals surface area contributed by atoms with Crippen LogP contribution in [0.3, 0.4) is 0 Å². The van der Waals surface area contributed by atoms with Crippen LogP contribution in [0.1, 0.15) is 40.5 Å². The van der Waals surface area contributed by atoms with Gasteiger partial charge in [0, 0.05) is 0 Å². The summed E-state index contributed by atoms with van der Waals surface area (Å²) in [5, 5.41) is 0. The zero-order valence-corrected chi connectivity index (χ0v) is 8.35. The molecule has 0 N–H and O–H groups in total. The molecule has 0 fully saturated rings. The topological polar surface area (TPSA) is 0 Å². The normalized spacial score (nSPS) is 13.3. The number of rotatable bonds is 4. The van der Waals surface area contributed by atoms with Crippen LogP contribution in [0.4, 0.5) is 0 Å². The highest BCUT2D eigenvalue weighted by atomic mass is 14.2. The molecule has 0 aromatic carbocycles. The Kier molecular flexibility index (Phi) is 4.48. The van der Waals surface area contributed by atoms with E-state index in [9.17, 15) is 0 Å². The molecule has 0 bridgehead atoms. The lowest BCUT2D eigenvalue weighted by Gasteiger charge is -2.22. The molecule has 0 aliphatic rings. The maximum absolute atomic E-state index is 4.00. The van der Waals surface area contributed by atoms with Crippen molar-refractivity contribution in [3.63, 3.8) is 0 Å². The zero-order valence-electron chi connectivity index (χ0n) is 8.35. The highest BCUT2D eigenvalue weighted by molar-refractivity contribution is 4.94. The van der Waals surface area contributed by atoms with Crippen molar-refractivity contribution in [1.82, 2.24) is 0 Å². The fourth-order valence-corrected chi connectivity index (χ4v) is 1.40. The van der Waals surface area contributed by atoms with Crippen LogP contribution < -0.4 is 0 Å². The molecule has 0 aromatic heterocycles. The van der Waals surface area contributed by atoms with Crippen molar-refractivity contribution in [2.24, 2.45) is 11.3 Å². The first-order chi connectivity index (χ1) is 4.98. The maximum Gasteiger partial charge on any atom is -0.0172 e. The van der Waals surface area contributed by atoms with E-state index in [0.29, 0.717) is 11.3 Å². The van der Waals surface area contributed by atoms with Crippen LogP contribution in [-0.2, 0) is 0 Å². The van der Waals surface area contributed by atoms with Crippen molar-refractivity contribution < 1.29 is 0 Å². The second kappa shape index (κ2) is 4.58. The second-order valence-electron chi connectivity index (χ2n) is 4.11. The van der Waals surface area contributed by atoms with Gasteiger partial charge in [0.2, 0.25) is 0 Å². The Morgan fingerprint density at radius 2 is 2.00 bits per heavy atom. The van der Waals surface area contributed by atoms with Crippen molar-refractivity contribution in [1.29, 1.82) is 0 Å². The maximum atomic E-state index is 4.00. The van der Waals surface area contributed by atoms with Gasteiger partial charge >= 0.3 is 0 Å². The second-order valence-corrected chi connectivity index (χ2v) is 4.11. The first-order valence-corrected chi connectivity index (χ1v) is 4.48. The van der Waals surface area contributed by atoms with Crippen LogP contribution in [0.5, 0.6) is 0 Å². The van der Waals surface area contributed by atoms with E-state index in [1.54, 1.807) is 0 Å². The van der Waals surface area contributed by atoms with Gasteiger partial charge in [0.05, 0.1) is 0 Å². The molecule has 1 atom stereocenters. The molecule has 0 aliphatic heterocycles. The van der Waals surface area contributed by atoms with Gasteiger partial charge in [-0.2, -0.15) is 0 Å². The van der Waals surface area contributed by atoms with E-state index in [2.05, 4.69) is 46.8 Å². The van der Waals surface area contributed by atoms with Gasteiger partial charge in [-0.3, -0.25) is 0 Å². The molecule has 0 aliphatic carbocycles. The van der Waals surface area contributed by atoms with E-state index in [-0.39, 0.29) is 0 Å². The van der Waals surface area contributed by atoms with Crippen molar-refractivity contribution in [3.8, 4) is 0 Å². The van der Waals surface area contributed by atoms with Crippen molar-refractivity contribution in [2.75, 3.05) is 0 Å². The molecule has 65 valence electrons. The Bertz CT molecular complexity index is 118. The molecule has 0 heteroatoms. The van der Waals surface area contributed by atoms with Gasteiger partial charge in [0.15, 0.2) is 0 Å². The summed E-state index contributed by atoms with van der Waals surface area (Å²) in [4.78, 5) is 0. The van der Waals surface area contributed by atoms with Crippen molar-refractivity contribution in [3.05, 3.63) is 19.1 Å². The Morgan fingerprint density at radius 1 is 1.45 bits per heavy atom. The number of hydrogen-bond donors (Lipinski definition) is 0. The van der Waals surface area contributed by atoms with Gasteiger partial charge in [-0.05, 0) is 24.2 Å². The minimum atomic E-state index is 0.331. The largest absolute Gasteiger partial charge is 0.0883 e. The molecule has 1 unspecified atom stereocenters. The van der Waals surface area contributed by atoms with E-state index in [1.165, 1.54) is 6.42 Å². The Labute approximate surface area is 71.7 Å². The smallest absolute Gasteiger partial charge is 0.0172 e. The molecule has 0 amide bonds. The van der Waals surface area contributed by atoms with Gasteiger partial charge < -0.3 is 0 Å². The molecule has 0 spiro atoms. The Morgan fingerprint density at radius 3 is 2.36 bits per heavy atom.